The van der Waals surface area contributed by atoms with Crippen molar-refractivity contribution in [3.05, 3.63) is 15.6 Å². The lowest BCUT2D eigenvalue weighted by molar-refractivity contribution is 0.316. The van der Waals surface area contributed by atoms with E-state index in [-0.39, 0.29) is 0 Å². The van der Waals surface area contributed by atoms with Crippen LogP contribution in [-0.4, -0.2) is 11.5 Å². The monoisotopic (exact) mass is 224 g/mol. The first-order chi connectivity index (χ1) is 7.02. The van der Waals surface area contributed by atoms with Gasteiger partial charge in [0, 0.05) is 17.3 Å². The van der Waals surface area contributed by atoms with Crippen molar-refractivity contribution in [3.63, 3.8) is 0 Å². The summed E-state index contributed by atoms with van der Waals surface area (Å²) in [5.74, 6) is 0.420. The standard InChI is InChI=1S/C12H20N2S/c1-8(7-13)11-14-9-4-5-12(2,3)6-10(9)15-11/h8H,4-7,13H2,1-3H3. The van der Waals surface area contributed by atoms with Gasteiger partial charge in [0.25, 0.3) is 0 Å². The molecule has 1 aromatic rings. The second-order valence-corrected chi connectivity index (χ2v) is 6.51. The van der Waals surface area contributed by atoms with Crippen LogP contribution >= 0.6 is 11.3 Å². The number of aromatic nitrogens is 1. The van der Waals surface area contributed by atoms with Crippen LogP contribution < -0.4 is 5.73 Å². The molecule has 1 atom stereocenters. The summed E-state index contributed by atoms with van der Waals surface area (Å²) in [6.45, 7) is 7.56. The molecule has 15 heavy (non-hydrogen) atoms. The fourth-order valence-electron chi connectivity index (χ4n) is 2.03. The average Bonchev–Trinajstić information content (AvgIpc) is 2.57. The first kappa shape index (κ1) is 11.1. The molecule has 0 fully saturated rings. The molecule has 0 saturated heterocycles. The lowest BCUT2D eigenvalue weighted by Crippen LogP contribution is -2.20. The first-order valence-electron chi connectivity index (χ1n) is 5.70. The Morgan fingerprint density at radius 1 is 1.53 bits per heavy atom. The Labute approximate surface area is 95.9 Å². The predicted octanol–water partition coefficient (Wildman–Crippen LogP) is 2.72. The Balaban J connectivity index is 2.25. The average molecular weight is 224 g/mol. The smallest absolute Gasteiger partial charge is 0.0971 e. The van der Waals surface area contributed by atoms with E-state index in [0.717, 1.165) is 6.42 Å². The van der Waals surface area contributed by atoms with Gasteiger partial charge in [-0.25, -0.2) is 4.98 Å². The van der Waals surface area contributed by atoms with Gasteiger partial charge in [-0.15, -0.1) is 11.3 Å². The van der Waals surface area contributed by atoms with Gasteiger partial charge in [-0.05, 0) is 24.7 Å². The number of rotatable bonds is 2. The van der Waals surface area contributed by atoms with Crippen LogP contribution in [-0.2, 0) is 12.8 Å². The molecule has 2 N–H and O–H groups in total. The molecule has 1 aliphatic rings. The Kier molecular flexibility index (Phi) is 2.86. The molecule has 3 heteroatoms. The number of nitrogens with zero attached hydrogens (tertiary/aromatic N) is 1. The van der Waals surface area contributed by atoms with Crippen LogP contribution in [0.5, 0.6) is 0 Å². The zero-order valence-corrected chi connectivity index (χ0v) is 10.7. The van der Waals surface area contributed by atoms with Gasteiger partial charge in [0.15, 0.2) is 0 Å². The molecule has 0 saturated carbocycles. The molecule has 1 aromatic heterocycles. The SMILES string of the molecule is CC(CN)c1nc2c(s1)CC(C)(C)CC2. The maximum absolute atomic E-state index is 5.68. The summed E-state index contributed by atoms with van der Waals surface area (Å²) in [7, 11) is 0. The summed E-state index contributed by atoms with van der Waals surface area (Å²) < 4.78 is 0. The number of nitrogens with two attached hydrogens (primary N) is 1. The third-order valence-electron chi connectivity index (χ3n) is 3.25. The second-order valence-electron chi connectivity index (χ2n) is 5.40. The Morgan fingerprint density at radius 2 is 2.27 bits per heavy atom. The minimum Gasteiger partial charge on any atom is -0.330 e. The molecule has 0 bridgehead atoms. The van der Waals surface area contributed by atoms with E-state index in [1.807, 2.05) is 11.3 Å². The van der Waals surface area contributed by atoms with E-state index >= 15 is 0 Å². The van der Waals surface area contributed by atoms with Gasteiger partial charge >= 0.3 is 0 Å². The zero-order chi connectivity index (χ0) is 11.1. The summed E-state index contributed by atoms with van der Waals surface area (Å²) in [6, 6.07) is 0. The van der Waals surface area contributed by atoms with Crippen LogP contribution in [0.1, 0.15) is 48.7 Å². The van der Waals surface area contributed by atoms with Crippen LogP contribution in [0.2, 0.25) is 0 Å². The van der Waals surface area contributed by atoms with E-state index in [1.54, 1.807) is 0 Å². The van der Waals surface area contributed by atoms with Crippen molar-refractivity contribution in [1.29, 1.82) is 0 Å². The van der Waals surface area contributed by atoms with Gasteiger partial charge in [-0.2, -0.15) is 0 Å². The molecule has 84 valence electrons. The van der Waals surface area contributed by atoms with E-state index in [9.17, 15) is 0 Å². The van der Waals surface area contributed by atoms with Crippen LogP contribution in [0.15, 0.2) is 0 Å². The number of hydrogen-bond donors (Lipinski definition) is 1. The Hall–Kier alpha value is -0.410. The van der Waals surface area contributed by atoms with Gasteiger partial charge in [0.2, 0.25) is 0 Å². The molecular weight excluding hydrogens is 204 g/mol. The molecule has 0 spiro atoms. The van der Waals surface area contributed by atoms with Crippen molar-refractivity contribution >= 4 is 11.3 Å². The molecule has 2 nitrogen and oxygen atoms in total. The predicted molar refractivity (Wildman–Crippen MR) is 65.4 cm³/mol. The highest BCUT2D eigenvalue weighted by Crippen LogP contribution is 2.38. The molecule has 1 aliphatic carbocycles. The van der Waals surface area contributed by atoms with E-state index in [0.29, 0.717) is 17.9 Å². The molecular formula is C12H20N2S. The van der Waals surface area contributed by atoms with Crippen LogP contribution in [0, 0.1) is 5.41 Å². The minimum absolute atomic E-state index is 0.420. The maximum atomic E-state index is 5.68. The van der Waals surface area contributed by atoms with Crippen LogP contribution in [0.3, 0.4) is 0 Å². The number of thiazole rings is 1. The molecule has 1 unspecified atom stereocenters. The number of hydrogen-bond acceptors (Lipinski definition) is 3. The molecule has 0 amide bonds. The minimum atomic E-state index is 0.420. The topological polar surface area (TPSA) is 38.9 Å². The summed E-state index contributed by atoms with van der Waals surface area (Å²) in [4.78, 5) is 6.23. The normalized spacial score (nSPS) is 21.1. The molecule has 0 aromatic carbocycles. The van der Waals surface area contributed by atoms with Crippen molar-refractivity contribution in [2.45, 2.75) is 46.0 Å². The first-order valence-corrected chi connectivity index (χ1v) is 6.52. The maximum Gasteiger partial charge on any atom is 0.0971 e. The molecule has 1 heterocycles. The van der Waals surface area contributed by atoms with Crippen molar-refractivity contribution in [3.8, 4) is 0 Å². The number of aryl methyl sites for hydroxylation is 1. The van der Waals surface area contributed by atoms with Crippen LogP contribution in [0.25, 0.3) is 0 Å². The van der Waals surface area contributed by atoms with Gasteiger partial charge < -0.3 is 5.73 Å². The van der Waals surface area contributed by atoms with Crippen molar-refractivity contribution in [1.82, 2.24) is 4.98 Å². The lowest BCUT2D eigenvalue weighted by Gasteiger charge is -2.28. The fourth-order valence-corrected chi connectivity index (χ4v) is 3.46. The largest absolute Gasteiger partial charge is 0.330 e. The highest BCUT2D eigenvalue weighted by Gasteiger charge is 2.28. The van der Waals surface area contributed by atoms with Crippen LogP contribution in [0.4, 0.5) is 0 Å². The summed E-state index contributed by atoms with van der Waals surface area (Å²) in [5, 5.41) is 1.24. The fraction of sp³-hybridized carbons (Fsp3) is 0.750. The van der Waals surface area contributed by atoms with Crippen molar-refractivity contribution < 1.29 is 0 Å². The number of fused-ring (bicyclic) bond motifs is 1. The van der Waals surface area contributed by atoms with Gasteiger partial charge in [0.05, 0.1) is 10.7 Å². The zero-order valence-electron chi connectivity index (χ0n) is 9.84. The Bertz CT molecular complexity index is 355. The van der Waals surface area contributed by atoms with Crippen molar-refractivity contribution in [2.75, 3.05) is 6.54 Å². The summed E-state index contributed by atoms with van der Waals surface area (Å²) in [6.07, 6.45) is 3.60. The third kappa shape index (κ3) is 2.23. The van der Waals surface area contributed by atoms with E-state index in [4.69, 9.17) is 10.7 Å². The van der Waals surface area contributed by atoms with E-state index in [1.165, 1.54) is 28.4 Å². The van der Waals surface area contributed by atoms with Gasteiger partial charge in [-0.3, -0.25) is 0 Å². The highest BCUT2D eigenvalue weighted by atomic mass is 32.1. The summed E-state index contributed by atoms with van der Waals surface area (Å²) in [5.41, 5.74) is 7.49. The highest BCUT2D eigenvalue weighted by molar-refractivity contribution is 7.11. The van der Waals surface area contributed by atoms with E-state index in [2.05, 4.69) is 20.8 Å². The molecule has 2 rings (SSSR count). The van der Waals surface area contributed by atoms with Gasteiger partial charge in [-0.1, -0.05) is 20.8 Å². The molecule has 0 radical (unpaired) electrons. The quantitative estimate of drug-likeness (QED) is 0.839. The Morgan fingerprint density at radius 3 is 2.93 bits per heavy atom. The lowest BCUT2D eigenvalue weighted by atomic mass is 9.79. The summed E-state index contributed by atoms with van der Waals surface area (Å²) >= 11 is 1.88. The molecule has 0 aliphatic heterocycles. The van der Waals surface area contributed by atoms with E-state index < -0.39 is 0 Å². The van der Waals surface area contributed by atoms with Gasteiger partial charge in [0.1, 0.15) is 0 Å². The third-order valence-corrected chi connectivity index (χ3v) is 4.58. The van der Waals surface area contributed by atoms with Crippen molar-refractivity contribution in [2.24, 2.45) is 11.1 Å². The second kappa shape index (κ2) is 3.87.